The maximum absolute atomic E-state index is 12.8. The van der Waals surface area contributed by atoms with Gasteiger partial charge in [-0.2, -0.15) is 0 Å². The van der Waals surface area contributed by atoms with Gasteiger partial charge in [0.25, 0.3) is 11.8 Å². The summed E-state index contributed by atoms with van der Waals surface area (Å²) in [5.74, 6) is 4.64. The Morgan fingerprint density at radius 3 is 3.00 bits per heavy atom. The zero-order valence-electron chi connectivity index (χ0n) is 17.7. The molecule has 3 aromatic rings. The van der Waals surface area contributed by atoms with E-state index < -0.39 is 11.9 Å². The van der Waals surface area contributed by atoms with Gasteiger partial charge in [0.15, 0.2) is 12.0 Å². The third-order valence-electron chi connectivity index (χ3n) is 5.80. The monoisotopic (exact) mass is 440 g/mol. The maximum atomic E-state index is 12.8. The first-order valence-corrected chi connectivity index (χ1v) is 10.5. The Balaban J connectivity index is 1.22. The molecule has 1 aromatic heterocycles. The number of hydrogen-bond acceptors (Lipinski definition) is 5. The molecule has 5 rings (SSSR count). The van der Waals surface area contributed by atoms with Gasteiger partial charge in [-0.3, -0.25) is 14.4 Å². The predicted octanol–water partition coefficient (Wildman–Crippen LogP) is 2.24. The largest absolute Gasteiger partial charge is 0.443 e. The van der Waals surface area contributed by atoms with Crippen molar-refractivity contribution in [3.8, 4) is 11.8 Å². The maximum Gasteiger partial charge on any atom is 0.296 e. The van der Waals surface area contributed by atoms with Gasteiger partial charge in [-0.1, -0.05) is 24.6 Å². The Bertz CT molecular complexity index is 1380. The Hall–Kier alpha value is -4.38. The minimum atomic E-state index is -0.495. The van der Waals surface area contributed by atoms with E-state index >= 15 is 0 Å². The summed E-state index contributed by atoms with van der Waals surface area (Å²) in [4.78, 5) is 43.0. The summed E-state index contributed by atoms with van der Waals surface area (Å²) < 4.78 is 5.19. The lowest BCUT2D eigenvalue weighted by Crippen LogP contribution is -2.49. The molecule has 1 unspecified atom stereocenters. The lowest BCUT2D eigenvalue weighted by atomic mass is 10.0. The van der Waals surface area contributed by atoms with Gasteiger partial charge >= 0.3 is 0 Å². The number of fused-ring (bicyclic) bond motifs is 2. The van der Waals surface area contributed by atoms with Crippen LogP contribution in [0.5, 0.6) is 0 Å². The first kappa shape index (κ1) is 20.5. The van der Waals surface area contributed by atoms with E-state index in [2.05, 4.69) is 34.0 Å². The molecule has 0 bridgehead atoms. The van der Waals surface area contributed by atoms with Crippen molar-refractivity contribution in [1.82, 2.24) is 20.5 Å². The standard InChI is InChI=1S/C25H20N4O4/c1-15-2-7-21(24(31)28-15)29-13-18-10-17(3-6-19(18)25(29)32)12-26-23(30)9-5-16-4-8-22-20(11-16)27-14-33-22/h3-4,6,8,10-11,14,21H,1-2,7,12-13H2,(H,26,30)(H,28,31). The fourth-order valence-electron chi connectivity index (χ4n) is 4.11. The van der Waals surface area contributed by atoms with E-state index in [9.17, 15) is 14.4 Å². The summed E-state index contributed by atoms with van der Waals surface area (Å²) in [7, 11) is 0. The zero-order chi connectivity index (χ0) is 22.9. The van der Waals surface area contributed by atoms with Crippen molar-refractivity contribution in [3.05, 3.63) is 77.3 Å². The van der Waals surface area contributed by atoms with Crippen LogP contribution in [0.1, 0.15) is 39.9 Å². The minimum absolute atomic E-state index is 0.150. The molecule has 0 spiro atoms. The second-order valence-corrected chi connectivity index (χ2v) is 8.04. The first-order chi connectivity index (χ1) is 16.0. The van der Waals surface area contributed by atoms with Crippen LogP contribution in [-0.2, 0) is 22.7 Å². The molecule has 2 aliphatic heterocycles. The van der Waals surface area contributed by atoms with Crippen molar-refractivity contribution < 1.29 is 18.8 Å². The van der Waals surface area contributed by atoms with E-state index in [1.165, 1.54) is 6.39 Å². The van der Waals surface area contributed by atoms with Crippen LogP contribution >= 0.6 is 0 Å². The van der Waals surface area contributed by atoms with Gasteiger partial charge in [0.05, 0.1) is 0 Å². The van der Waals surface area contributed by atoms with E-state index in [1.54, 1.807) is 35.2 Å². The number of oxazole rings is 1. The van der Waals surface area contributed by atoms with Crippen LogP contribution in [0.25, 0.3) is 11.1 Å². The van der Waals surface area contributed by atoms with Gasteiger partial charge in [0.2, 0.25) is 5.91 Å². The third kappa shape index (κ3) is 4.08. The number of nitrogens with one attached hydrogen (secondary N) is 2. The van der Waals surface area contributed by atoms with Gasteiger partial charge in [0, 0.05) is 35.8 Å². The van der Waals surface area contributed by atoms with E-state index in [0.717, 1.165) is 11.1 Å². The highest BCUT2D eigenvalue weighted by Crippen LogP contribution is 2.29. The molecule has 3 amide bonds. The second-order valence-electron chi connectivity index (χ2n) is 8.04. The van der Waals surface area contributed by atoms with Crippen LogP contribution in [-0.4, -0.2) is 33.6 Å². The summed E-state index contributed by atoms with van der Waals surface area (Å²) in [6.45, 7) is 4.43. The van der Waals surface area contributed by atoms with Crippen molar-refractivity contribution in [3.63, 3.8) is 0 Å². The Kier molecular flexibility index (Phi) is 5.15. The lowest BCUT2D eigenvalue weighted by Gasteiger charge is -2.30. The highest BCUT2D eigenvalue weighted by Gasteiger charge is 2.38. The molecule has 8 nitrogen and oxygen atoms in total. The SMILES string of the molecule is C=C1CCC(N2Cc3cc(CNC(=O)C#Cc4ccc5ocnc5c4)ccc3C2=O)C(=O)N1. The summed E-state index contributed by atoms with van der Waals surface area (Å²) in [6, 6.07) is 10.2. The van der Waals surface area contributed by atoms with Gasteiger partial charge in [-0.25, -0.2) is 4.98 Å². The number of carbonyl (C=O) groups is 3. The molecule has 2 aliphatic rings. The number of aromatic nitrogens is 1. The average Bonchev–Trinajstić information content (AvgIpc) is 3.40. The van der Waals surface area contributed by atoms with Crippen LogP contribution < -0.4 is 10.6 Å². The van der Waals surface area contributed by atoms with E-state index in [0.29, 0.717) is 47.3 Å². The second kappa shape index (κ2) is 8.28. The van der Waals surface area contributed by atoms with Crippen molar-refractivity contribution in [2.75, 3.05) is 0 Å². The summed E-state index contributed by atoms with van der Waals surface area (Å²) >= 11 is 0. The minimum Gasteiger partial charge on any atom is -0.443 e. The fraction of sp³-hybridized carbons (Fsp3) is 0.200. The number of piperidine rings is 1. The molecule has 3 heterocycles. The molecule has 33 heavy (non-hydrogen) atoms. The fourth-order valence-corrected chi connectivity index (χ4v) is 4.11. The van der Waals surface area contributed by atoms with Crippen LogP contribution in [0.15, 0.2) is 59.5 Å². The van der Waals surface area contributed by atoms with Crippen molar-refractivity contribution in [2.45, 2.75) is 32.0 Å². The first-order valence-electron chi connectivity index (χ1n) is 10.5. The molecule has 0 saturated carbocycles. The number of carbonyl (C=O) groups excluding carboxylic acids is 3. The number of hydrogen-bond donors (Lipinski definition) is 2. The van der Waals surface area contributed by atoms with Crippen molar-refractivity contribution in [1.29, 1.82) is 0 Å². The number of nitrogens with zero attached hydrogens (tertiary/aromatic N) is 2. The van der Waals surface area contributed by atoms with Crippen LogP contribution in [0.4, 0.5) is 0 Å². The molecule has 2 aromatic carbocycles. The molecule has 8 heteroatoms. The molecule has 2 N–H and O–H groups in total. The highest BCUT2D eigenvalue weighted by atomic mass is 16.3. The van der Waals surface area contributed by atoms with E-state index in [-0.39, 0.29) is 18.4 Å². The van der Waals surface area contributed by atoms with Crippen LogP contribution in [0, 0.1) is 11.8 Å². The zero-order valence-corrected chi connectivity index (χ0v) is 17.7. The normalized spacial score (nSPS) is 17.4. The quantitative estimate of drug-likeness (QED) is 0.608. The topological polar surface area (TPSA) is 105 Å². The highest BCUT2D eigenvalue weighted by molar-refractivity contribution is 6.01. The number of amides is 3. The van der Waals surface area contributed by atoms with Crippen LogP contribution in [0.3, 0.4) is 0 Å². The van der Waals surface area contributed by atoms with E-state index in [4.69, 9.17) is 4.42 Å². The summed E-state index contributed by atoms with van der Waals surface area (Å²) in [5, 5.41) is 5.50. The van der Waals surface area contributed by atoms with Gasteiger partial charge in [-0.05, 0) is 48.2 Å². The van der Waals surface area contributed by atoms with Crippen LogP contribution in [0.2, 0.25) is 0 Å². The van der Waals surface area contributed by atoms with Gasteiger partial charge in [0.1, 0.15) is 11.6 Å². The van der Waals surface area contributed by atoms with Crippen molar-refractivity contribution in [2.24, 2.45) is 0 Å². The molecule has 1 atom stereocenters. The molecule has 1 saturated heterocycles. The summed E-state index contributed by atoms with van der Waals surface area (Å²) in [5.41, 5.74) is 4.97. The number of allylic oxidation sites excluding steroid dienone is 1. The van der Waals surface area contributed by atoms with Crippen molar-refractivity contribution >= 4 is 28.8 Å². The number of benzene rings is 2. The molecular formula is C25H20N4O4. The molecule has 1 fully saturated rings. The average molecular weight is 440 g/mol. The Morgan fingerprint density at radius 1 is 1.27 bits per heavy atom. The Labute approximate surface area is 189 Å². The summed E-state index contributed by atoms with van der Waals surface area (Å²) in [6.07, 6.45) is 2.58. The smallest absolute Gasteiger partial charge is 0.296 e. The molecular weight excluding hydrogens is 420 g/mol. The third-order valence-corrected chi connectivity index (χ3v) is 5.80. The molecule has 0 aliphatic carbocycles. The van der Waals surface area contributed by atoms with Gasteiger partial charge < -0.3 is 20.0 Å². The molecule has 0 radical (unpaired) electrons. The van der Waals surface area contributed by atoms with Gasteiger partial charge in [-0.15, -0.1) is 0 Å². The predicted molar refractivity (Wildman–Crippen MR) is 119 cm³/mol. The lowest BCUT2D eigenvalue weighted by molar-refractivity contribution is -0.126. The number of rotatable bonds is 3. The van der Waals surface area contributed by atoms with E-state index in [1.807, 2.05) is 6.07 Å². The molecule has 164 valence electrons. The Morgan fingerprint density at radius 2 is 2.15 bits per heavy atom.